The number of alkyl halides is 1. The third-order valence-electron chi connectivity index (χ3n) is 2.64. The molecule has 0 aliphatic rings. The van der Waals surface area contributed by atoms with Gasteiger partial charge in [0.1, 0.15) is 6.67 Å². The number of halogens is 1. The molecule has 0 aliphatic carbocycles. The lowest BCUT2D eigenvalue weighted by atomic mass is 10.3. The number of nitrogens with one attached hydrogen (secondary N) is 1. The molecule has 0 spiro atoms. The van der Waals surface area contributed by atoms with Gasteiger partial charge in [-0.2, -0.15) is 0 Å². The van der Waals surface area contributed by atoms with Crippen LogP contribution in [0.2, 0.25) is 0 Å². The van der Waals surface area contributed by atoms with E-state index in [1.165, 1.54) is 0 Å². The summed E-state index contributed by atoms with van der Waals surface area (Å²) in [5.74, 6) is 0. The van der Waals surface area contributed by atoms with Crippen molar-refractivity contribution in [3.8, 4) is 0 Å². The van der Waals surface area contributed by atoms with Crippen LogP contribution in [0.1, 0.15) is 13.8 Å². The molecule has 0 atom stereocenters. The molecule has 3 nitrogen and oxygen atoms in total. The van der Waals surface area contributed by atoms with Gasteiger partial charge in [0.25, 0.3) is 0 Å². The molecule has 0 aromatic carbocycles. The van der Waals surface area contributed by atoms with Crippen LogP contribution in [0.4, 0.5) is 4.39 Å². The van der Waals surface area contributed by atoms with Crippen molar-refractivity contribution in [1.82, 2.24) is 10.2 Å². The highest BCUT2D eigenvalue weighted by atomic mass is 19.1. The van der Waals surface area contributed by atoms with Crippen LogP contribution in [0, 0.1) is 0 Å². The lowest BCUT2D eigenvalue weighted by Gasteiger charge is -2.31. The maximum atomic E-state index is 11.9. The minimum atomic E-state index is -0.277. The van der Waals surface area contributed by atoms with Crippen LogP contribution in [-0.4, -0.2) is 76.0 Å². The summed E-state index contributed by atoms with van der Waals surface area (Å²) in [5, 5.41) is 3.10. The Kier molecular flexibility index (Phi) is 7.89. The molecule has 0 amide bonds. The van der Waals surface area contributed by atoms with Crippen LogP contribution in [0.3, 0.4) is 0 Å². The number of hydrogen-bond acceptors (Lipinski definition) is 2. The molecular formula is C12H29FN3+. The Bertz CT molecular complexity index is 166. The molecule has 0 radical (unpaired) electrons. The van der Waals surface area contributed by atoms with E-state index in [4.69, 9.17) is 0 Å². The molecule has 4 heteroatoms. The molecule has 0 rings (SSSR count). The van der Waals surface area contributed by atoms with E-state index in [0.29, 0.717) is 12.6 Å². The topological polar surface area (TPSA) is 15.3 Å². The molecule has 0 heterocycles. The predicted octanol–water partition coefficient (Wildman–Crippen LogP) is 0.962. The third-order valence-corrected chi connectivity index (χ3v) is 2.64. The van der Waals surface area contributed by atoms with Gasteiger partial charge in [0.05, 0.1) is 27.7 Å². The molecule has 0 unspecified atom stereocenters. The van der Waals surface area contributed by atoms with Crippen molar-refractivity contribution in [3.63, 3.8) is 0 Å². The Morgan fingerprint density at radius 3 is 2.19 bits per heavy atom. The van der Waals surface area contributed by atoms with E-state index in [9.17, 15) is 4.39 Å². The highest BCUT2D eigenvalue weighted by Gasteiger charge is 2.13. The maximum Gasteiger partial charge on any atom is 0.102 e. The maximum absolute atomic E-state index is 11.9. The smallest absolute Gasteiger partial charge is 0.102 e. The van der Waals surface area contributed by atoms with Gasteiger partial charge in [0.15, 0.2) is 0 Å². The van der Waals surface area contributed by atoms with Crippen molar-refractivity contribution >= 4 is 0 Å². The highest BCUT2D eigenvalue weighted by Crippen LogP contribution is 1.99. The average Bonchev–Trinajstić information content (AvgIpc) is 2.14. The van der Waals surface area contributed by atoms with E-state index in [1.807, 2.05) is 0 Å². The first kappa shape index (κ1) is 15.8. The van der Waals surface area contributed by atoms with E-state index in [2.05, 4.69) is 45.2 Å². The second kappa shape index (κ2) is 7.98. The summed E-state index contributed by atoms with van der Waals surface area (Å²) in [6.45, 7) is 8.73. The van der Waals surface area contributed by atoms with E-state index in [-0.39, 0.29) is 6.67 Å². The zero-order valence-corrected chi connectivity index (χ0v) is 11.6. The van der Waals surface area contributed by atoms with Crippen molar-refractivity contribution < 1.29 is 8.87 Å². The zero-order valence-electron chi connectivity index (χ0n) is 11.6. The van der Waals surface area contributed by atoms with Crippen molar-refractivity contribution in [2.75, 3.05) is 60.5 Å². The van der Waals surface area contributed by atoms with Gasteiger partial charge in [-0.1, -0.05) is 0 Å². The first-order valence-electron chi connectivity index (χ1n) is 6.18. The average molecular weight is 234 g/mol. The second-order valence-electron chi connectivity index (χ2n) is 5.58. The fourth-order valence-electron chi connectivity index (χ4n) is 1.47. The largest absolute Gasteiger partial charge is 0.330 e. The molecular weight excluding hydrogens is 205 g/mol. The first-order valence-corrected chi connectivity index (χ1v) is 6.18. The van der Waals surface area contributed by atoms with Gasteiger partial charge in [-0.05, 0) is 13.8 Å². The summed E-state index contributed by atoms with van der Waals surface area (Å²) in [5.41, 5.74) is 0. The Balaban J connectivity index is 3.80. The van der Waals surface area contributed by atoms with E-state index >= 15 is 0 Å². The van der Waals surface area contributed by atoms with Crippen LogP contribution < -0.4 is 5.32 Å². The molecule has 0 aromatic rings. The number of quaternary nitrogens is 1. The van der Waals surface area contributed by atoms with E-state index in [1.54, 1.807) is 0 Å². The summed E-state index contributed by atoms with van der Waals surface area (Å²) in [4.78, 5) is 2.44. The standard InChI is InChI=1S/C12H29FN3/c1-12(2)15(9-8-14-7-6-13)10-11-16(3,4)5/h12,14H,6-11H2,1-5H3/q+1. The SMILES string of the molecule is CC(C)N(CCNCCF)CC[N+](C)(C)C. The minimum Gasteiger partial charge on any atom is -0.330 e. The monoisotopic (exact) mass is 234 g/mol. The highest BCUT2D eigenvalue weighted by molar-refractivity contribution is 4.64. The van der Waals surface area contributed by atoms with Gasteiger partial charge in [-0.25, -0.2) is 4.39 Å². The number of rotatable bonds is 9. The van der Waals surface area contributed by atoms with Crippen molar-refractivity contribution in [1.29, 1.82) is 0 Å². The summed E-state index contributed by atoms with van der Waals surface area (Å²) in [7, 11) is 6.62. The van der Waals surface area contributed by atoms with E-state index in [0.717, 1.165) is 30.7 Å². The van der Waals surface area contributed by atoms with Crippen LogP contribution in [0.5, 0.6) is 0 Å². The molecule has 0 saturated carbocycles. The van der Waals surface area contributed by atoms with Crippen LogP contribution >= 0.6 is 0 Å². The van der Waals surface area contributed by atoms with Gasteiger partial charge in [-0.3, -0.25) is 4.90 Å². The number of likely N-dealkylation sites (N-methyl/N-ethyl adjacent to an activating group) is 1. The molecule has 1 N–H and O–H groups in total. The molecule has 16 heavy (non-hydrogen) atoms. The minimum absolute atomic E-state index is 0.277. The van der Waals surface area contributed by atoms with Gasteiger partial charge < -0.3 is 9.80 Å². The van der Waals surface area contributed by atoms with Crippen LogP contribution in [0.15, 0.2) is 0 Å². The lowest BCUT2D eigenvalue weighted by Crippen LogP contribution is -2.45. The Labute approximate surface area is 100 Å². The van der Waals surface area contributed by atoms with Gasteiger partial charge in [0, 0.05) is 32.2 Å². The lowest BCUT2D eigenvalue weighted by molar-refractivity contribution is -0.869. The molecule has 0 bridgehead atoms. The Morgan fingerprint density at radius 1 is 1.12 bits per heavy atom. The molecule has 0 saturated heterocycles. The van der Waals surface area contributed by atoms with Crippen molar-refractivity contribution in [3.05, 3.63) is 0 Å². The Hall–Kier alpha value is -0.190. The van der Waals surface area contributed by atoms with Crippen LogP contribution in [0.25, 0.3) is 0 Å². The number of nitrogens with zero attached hydrogens (tertiary/aromatic N) is 2. The summed E-state index contributed by atoms with van der Waals surface area (Å²) < 4.78 is 12.9. The number of hydrogen-bond donors (Lipinski definition) is 1. The van der Waals surface area contributed by atoms with Crippen molar-refractivity contribution in [2.24, 2.45) is 0 Å². The van der Waals surface area contributed by atoms with Gasteiger partial charge in [0.2, 0.25) is 0 Å². The van der Waals surface area contributed by atoms with Crippen molar-refractivity contribution in [2.45, 2.75) is 19.9 Å². The molecule has 0 aliphatic heterocycles. The fourth-order valence-corrected chi connectivity index (χ4v) is 1.47. The predicted molar refractivity (Wildman–Crippen MR) is 68.5 cm³/mol. The normalized spacial score (nSPS) is 12.8. The second-order valence-corrected chi connectivity index (χ2v) is 5.58. The van der Waals surface area contributed by atoms with Gasteiger partial charge >= 0.3 is 0 Å². The molecule has 0 fully saturated rings. The summed E-state index contributed by atoms with van der Waals surface area (Å²) in [6, 6.07) is 0.554. The van der Waals surface area contributed by atoms with Crippen LogP contribution in [-0.2, 0) is 0 Å². The van der Waals surface area contributed by atoms with Gasteiger partial charge in [-0.15, -0.1) is 0 Å². The fraction of sp³-hybridized carbons (Fsp3) is 1.00. The molecule has 98 valence electrons. The Morgan fingerprint density at radius 2 is 1.75 bits per heavy atom. The molecule has 0 aromatic heterocycles. The summed E-state index contributed by atoms with van der Waals surface area (Å²) >= 11 is 0. The zero-order chi connectivity index (χ0) is 12.6. The first-order chi connectivity index (χ1) is 7.37. The quantitative estimate of drug-likeness (QED) is 0.472. The van der Waals surface area contributed by atoms with E-state index < -0.39 is 0 Å². The third kappa shape index (κ3) is 9.07. The summed E-state index contributed by atoms with van der Waals surface area (Å²) in [6.07, 6.45) is 0.